The third kappa shape index (κ3) is 32.5. The van der Waals surface area contributed by atoms with Gasteiger partial charge in [0.25, 0.3) is 0 Å². The summed E-state index contributed by atoms with van der Waals surface area (Å²) in [5, 5.41) is 0. The first kappa shape index (κ1) is 19.2. The fourth-order valence-corrected chi connectivity index (χ4v) is 0.701. The molecule has 0 rings (SSSR count). The summed E-state index contributed by atoms with van der Waals surface area (Å²) in [7, 11) is 0. The number of hydrogen-bond acceptors (Lipinski definition) is 4. The molecule has 0 fully saturated rings. The Hall–Kier alpha value is -1.36. The lowest BCUT2D eigenvalue weighted by Gasteiger charge is -1.81. The van der Waals surface area contributed by atoms with Crippen molar-refractivity contribution in [2.45, 2.75) is 40.5 Å². The average Bonchev–Trinajstić information content (AvgIpc) is 1.79. The van der Waals surface area contributed by atoms with Crippen molar-refractivity contribution in [2.75, 3.05) is 0 Å². The van der Waals surface area contributed by atoms with Gasteiger partial charge in [-0.25, -0.2) is 0 Å². The zero-order valence-electron chi connectivity index (χ0n) is 9.55. The fourth-order valence-electron chi connectivity index (χ4n) is 0.701. The number of carbonyl (C=O) groups is 4. The van der Waals surface area contributed by atoms with E-state index in [0.717, 1.165) is 0 Å². The van der Waals surface area contributed by atoms with E-state index in [2.05, 4.69) is 0 Å². The first-order valence-electron chi connectivity index (χ1n) is 4.23. The lowest BCUT2D eigenvalue weighted by molar-refractivity contribution is -0.126. The molecular formula is C10H18O5. The van der Waals surface area contributed by atoms with Crippen LogP contribution in [0.4, 0.5) is 0 Å². The summed E-state index contributed by atoms with van der Waals surface area (Å²) in [6.45, 7) is 5.62. The molecule has 0 spiro atoms. The van der Waals surface area contributed by atoms with Crippen molar-refractivity contribution < 1.29 is 24.7 Å². The molecule has 0 aliphatic carbocycles. The van der Waals surface area contributed by atoms with Gasteiger partial charge < -0.3 is 5.48 Å². The van der Waals surface area contributed by atoms with Crippen LogP contribution in [0.15, 0.2) is 0 Å². The third-order valence-corrected chi connectivity index (χ3v) is 0.996. The summed E-state index contributed by atoms with van der Waals surface area (Å²) in [6, 6.07) is 0. The summed E-state index contributed by atoms with van der Waals surface area (Å²) in [6.07, 6.45) is 0.167. The molecule has 0 aliphatic heterocycles. The van der Waals surface area contributed by atoms with Gasteiger partial charge in [0.05, 0.1) is 12.8 Å². The number of carbonyl (C=O) groups excluding carboxylic acids is 4. The molecule has 0 unspecified atom stereocenters. The van der Waals surface area contributed by atoms with Crippen LogP contribution >= 0.6 is 0 Å². The van der Waals surface area contributed by atoms with Crippen LogP contribution in [0.25, 0.3) is 0 Å². The van der Waals surface area contributed by atoms with Crippen LogP contribution < -0.4 is 0 Å². The van der Waals surface area contributed by atoms with Crippen molar-refractivity contribution >= 4 is 23.1 Å². The molecule has 0 saturated carbocycles. The summed E-state index contributed by atoms with van der Waals surface area (Å²) >= 11 is 0. The Morgan fingerprint density at radius 3 is 0.733 bits per heavy atom. The molecule has 0 bridgehead atoms. The molecular weight excluding hydrogens is 200 g/mol. The topological polar surface area (TPSA) is 99.8 Å². The minimum absolute atomic E-state index is 0. The second-order valence-electron chi connectivity index (χ2n) is 3.16. The van der Waals surface area contributed by atoms with Crippen molar-refractivity contribution in [3.63, 3.8) is 0 Å². The molecule has 0 atom stereocenters. The highest BCUT2D eigenvalue weighted by atomic mass is 16.2. The second kappa shape index (κ2) is 10.7. The van der Waals surface area contributed by atoms with Crippen LogP contribution in [-0.4, -0.2) is 28.6 Å². The molecule has 0 aliphatic rings. The molecule has 0 heterocycles. The SMILES string of the molecule is CC(=O)CC(C)=O.CC(=O)CC(C)=O.O. The second-order valence-corrected chi connectivity index (χ2v) is 3.16. The van der Waals surface area contributed by atoms with Crippen LogP contribution in [0.2, 0.25) is 0 Å². The van der Waals surface area contributed by atoms with Crippen molar-refractivity contribution in [3.8, 4) is 0 Å². The van der Waals surface area contributed by atoms with Gasteiger partial charge in [-0.05, 0) is 27.7 Å². The number of Topliss-reactive ketones (excluding diaryl/α,β-unsaturated/α-hetero) is 4. The average molecular weight is 218 g/mol. The van der Waals surface area contributed by atoms with E-state index >= 15 is 0 Å². The predicted octanol–water partition coefficient (Wildman–Crippen LogP) is 0.284. The fraction of sp³-hybridized carbons (Fsp3) is 0.600. The van der Waals surface area contributed by atoms with Gasteiger partial charge in [0.2, 0.25) is 0 Å². The van der Waals surface area contributed by atoms with E-state index < -0.39 is 0 Å². The maximum absolute atomic E-state index is 10.0. The molecule has 0 amide bonds. The van der Waals surface area contributed by atoms with Gasteiger partial charge >= 0.3 is 0 Å². The number of ketones is 4. The van der Waals surface area contributed by atoms with Gasteiger partial charge in [0.1, 0.15) is 23.1 Å². The van der Waals surface area contributed by atoms with Crippen molar-refractivity contribution in [1.29, 1.82) is 0 Å². The first-order valence-corrected chi connectivity index (χ1v) is 4.23. The third-order valence-electron chi connectivity index (χ3n) is 0.996. The molecule has 5 heteroatoms. The van der Waals surface area contributed by atoms with E-state index in [1.807, 2.05) is 0 Å². The van der Waals surface area contributed by atoms with E-state index in [4.69, 9.17) is 0 Å². The van der Waals surface area contributed by atoms with Gasteiger partial charge in [0, 0.05) is 0 Å². The Balaban J connectivity index is -0.000000180. The van der Waals surface area contributed by atoms with Gasteiger partial charge in [0.15, 0.2) is 0 Å². The van der Waals surface area contributed by atoms with Crippen LogP contribution in [-0.2, 0) is 19.2 Å². The Morgan fingerprint density at radius 2 is 0.733 bits per heavy atom. The Labute approximate surface area is 89.2 Å². The normalized spacial score (nSPS) is 7.73. The van der Waals surface area contributed by atoms with Crippen LogP contribution in [0, 0.1) is 0 Å². The van der Waals surface area contributed by atoms with Crippen molar-refractivity contribution in [2.24, 2.45) is 0 Å². The van der Waals surface area contributed by atoms with Gasteiger partial charge in [-0.1, -0.05) is 0 Å². The molecule has 0 aromatic rings. The monoisotopic (exact) mass is 218 g/mol. The lowest BCUT2D eigenvalue weighted by atomic mass is 10.2. The van der Waals surface area contributed by atoms with Gasteiger partial charge in [-0.2, -0.15) is 0 Å². The standard InChI is InChI=1S/2C5H8O2.H2O/c2*1-4(6)3-5(2)7;/h2*3H2,1-2H3;1H2. The molecule has 0 radical (unpaired) electrons. The van der Waals surface area contributed by atoms with Crippen LogP contribution in [0.3, 0.4) is 0 Å². The summed E-state index contributed by atoms with van der Waals surface area (Å²) < 4.78 is 0. The zero-order chi connectivity index (χ0) is 11.7. The Bertz CT molecular complexity index is 192. The predicted molar refractivity (Wildman–Crippen MR) is 55.6 cm³/mol. The summed E-state index contributed by atoms with van der Waals surface area (Å²) in [5.41, 5.74) is 0. The minimum Gasteiger partial charge on any atom is -0.412 e. The smallest absolute Gasteiger partial charge is 0.137 e. The Kier molecular flexibility index (Phi) is 13.8. The minimum atomic E-state index is -0.0625. The zero-order valence-corrected chi connectivity index (χ0v) is 9.55. The first-order chi connectivity index (χ1) is 6.25. The lowest BCUT2D eigenvalue weighted by Crippen LogP contribution is -1.97. The summed E-state index contributed by atoms with van der Waals surface area (Å²) in [4.78, 5) is 40.1. The highest BCUT2D eigenvalue weighted by Crippen LogP contribution is 1.80. The molecule has 88 valence electrons. The number of rotatable bonds is 4. The maximum atomic E-state index is 10.0. The van der Waals surface area contributed by atoms with Crippen molar-refractivity contribution in [1.82, 2.24) is 0 Å². The van der Waals surface area contributed by atoms with E-state index in [-0.39, 0.29) is 41.5 Å². The van der Waals surface area contributed by atoms with Gasteiger partial charge in [-0.3, -0.25) is 19.2 Å². The molecule has 0 aromatic heterocycles. The van der Waals surface area contributed by atoms with E-state index in [1.165, 1.54) is 27.7 Å². The summed E-state index contributed by atoms with van der Waals surface area (Å²) in [5.74, 6) is -0.250. The number of hydrogen-bond donors (Lipinski definition) is 0. The van der Waals surface area contributed by atoms with E-state index in [9.17, 15) is 19.2 Å². The quantitative estimate of drug-likeness (QED) is 0.633. The molecule has 15 heavy (non-hydrogen) atoms. The van der Waals surface area contributed by atoms with Crippen molar-refractivity contribution in [3.05, 3.63) is 0 Å². The van der Waals surface area contributed by atoms with Crippen LogP contribution in [0.1, 0.15) is 40.5 Å². The highest BCUT2D eigenvalue weighted by Gasteiger charge is 1.95. The van der Waals surface area contributed by atoms with E-state index in [1.54, 1.807) is 0 Å². The molecule has 2 N–H and O–H groups in total. The van der Waals surface area contributed by atoms with Gasteiger partial charge in [-0.15, -0.1) is 0 Å². The Morgan fingerprint density at radius 1 is 0.600 bits per heavy atom. The molecule has 0 saturated heterocycles. The maximum Gasteiger partial charge on any atom is 0.137 e. The molecule has 0 aromatic carbocycles. The molecule has 5 nitrogen and oxygen atoms in total. The highest BCUT2D eigenvalue weighted by molar-refractivity contribution is 5.97. The van der Waals surface area contributed by atoms with Crippen LogP contribution in [0.5, 0.6) is 0 Å². The van der Waals surface area contributed by atoms with E-state index in [0.29, 0.717) is 0 Å². The largest absolute Gasteiger partial charge is 0.412 e.